The van der Waals surface area contributed by atoms with Crippen LogP contribution in [0.1, 0.15) is 123 Å². The average molecular weight is 713 g/mol. The molecule has 0 saturated carbocycles. The molecule has 0 aliphatic heterocycles. The number of nitrogens with zero attached hydrogens (tertiary/aromatic N) is 6. The molecule has 52 heavy (non-hydrogen) atoms. The Morgan fingerprint density at radius 2 is 0.923 bits per heavy atom. The predicted molar refractivity (Wildman–Crippen MR) is 223 cm³/mol. The fourth-order valence-corrected chi connectivity index (χ4v) is 11.7. The zero-order chi connectivity index (χ0) is 38.5. The van der Waals surface area contributed by atoms with E-state index < -0.39 is 8.07 Å². The van der Waals surface area contributed by atoms with Crippen LogP contribution >= 0.6 is 0 Å². The normalized spacial score (nSPS) is 11.8. The molecule has 0 aromatic heterocycles. The van der Waals surface area contributed by atoms with E-state index >= 15 is 0 Å². The molecule has 0 amide bonds. The highest BCUT2D eigenvalue weighted by Gasteiger charge is 2.41. The van der Waals surface area contributed by atoms with Crippen molar-refractivity contribution in [2.24, 2.45) is 20.7 Å². The third-order valence-corrected chi connectivity index (χ3v) is 16.1. The standard InChI is InChI=1S/C45H60N6Si/c1-14-50(15-2)48-46-43-24-20-18-22-37(43)26-28-39-32-41(45(11,12)13)33-40(42(39)30-31-52(34(5)6,35(7)8)36(9)10)29-27-38-23-19-21-25-44(38)47-49-51(16-3)17-4/h18-25,32-36H,14-17H2,1-13H3. The molecule has 3 aromatic rings. The zero-order valence-corrected chi connectivity index (χ0v) is 35.0. The highest BCUT2D eigenvalue weighted by Crippen LogP contribution is 2.41. The van der Waals surface area contributed by atoms with E-state index in [1.54, 1.807) is 0 Å². The van der Waals surface area contributed by atoms with Crippen molar-refractivity contribution in [2.45, 2.75) is 112 Å². The first-order chi connectivity index (χ1) is 24.7. The molecule has 0 unspecified atom stereocenters. The van der Waals surface area contributed by atoms with E-state index in [4.69, 9.17) is 0 Å². The fourth-order valence-electron chi connectivity index (χ4n) is 6.54. The van der Waals surface area contributed by atoms with Crippen LogP contribution in [0.25, 0.3) is 0 Å². The first-order valence-electron chi connectivity index (χ1n) is 19.0. The summed E-state index contributed by atoms with van der Waals surface area (Å²) >= 11 is 0. The molecule has 0 aliphatic rings. The number of hydrogen-bond acceptors (Lipinski definition) is 4. The molecule has 0 radical (unpaired) electrons. The summed E-state index contributed by atoms with van der Waals surface area (Å²) < 4.78 is 0. The van der Waals surface area contributed by atoms with Gasteiger partial charge in [-0.1, -0.05) is 127 Å². The van der Waals surface area contributed by atoms with Crippen LogP contribution in [-0.2, 0) is 5.41 Å². The molecule has 274 valence electrons. The fraction of sp³-hybridized carbons (Fsp3) is 0.467. The van der Waals surface area contributed by atoms with Gasteiger partial charge < -0.3 is 0 Å². The Labute approximate surface area is 316 Å². The van der Waals surface area contributed by atoms with Crippen molar-refractivity contribution in [3.63, 3.8) is 0 Å². The van der Waals surface area contributed by atoms with Crippen molar-refractivity contribution in [3.8, 4) is 35.1 Å². The monoisotopic (exact) mass is 712 g/mol. The van der Waals surface area contributed by atoms with Crippen LogP contribution in [0.15, 0.2) is 81.3 Å². The summed E-state index contributed by atoms with van der Waals surface area (Å²) in [5, 5.41) is 21.9. The maximum absolute atomic E-state index is 4.58. The molecule has 7 heteroatoms. The van der Waals surface area contributed by atoms with Crippen molar-refractivity contribution < 1.29 is 0 Å². The second-order valence-electron chi connectivity index (χ2n) is 15.0. The first-order valence-corrected chi connectivity index (χ1v) is 21.2. The van der Waals surface area contributed by atoms with Gasteiger partial charge in [-0.05, 0) is 91.7 Å². The molecule has 0 N–H and O–H groups in total. The van der Waals surface area contributed by atoms with Crippen molar-refractivity contribution in [2.75, 3.05) is 26.2 Å². The Kier molecular flexibility index (Phi) is 15.5. The van der Waals surface area contributed by atoms with Crippen LogP contribution in [0.2, 0.25) is 16.6 Å². The summed E-state index contributed by atoms with van der Waals surface area (Å²) in [5.41, 5.74) is 12.2. The average Bonchev–Trinajstić information content (AvgIpc) is 3.11. The van der Waals surface area contributed by atoms with Gasteiger partial charge in [0.1, 0.15) is 19.4 Å². The third-order valence-electron chi connectivity index (χ3n) is 9.76. The topological polar surface area (TPSA) is 55.9 Å². The highest BCUT2D eigenvalue weighted by atomic mass is 28.3. The summed E-state index contributed by atoms with van der Waals surface area (Å²) in [6.07, 6.45) is 0. The van der Waals surface area contributed by atoms with Gasteiger partial charge in [-0.15, -0.1) is 15.8 Å². The SMILES string of the molecule is CCN(CC)N=Nc1ccccc1C#Cc1cc(C(C)(C)C)cc(C#Cc2ccccc2N=NN(CC)CC)c1C#C[Si](C(C)C)(C(C)C)C(C)C. The van der Waals surface area contributed by atoms with Crippen LogP contribution in [0, 0.1) is 35.1 Å². The number of rotatable bonds is 11. The van der Waals surface area contributed by atoms with Gasteiger partial charge in [0.05, 0.1) is 16.7 Å². The van der Waals surface area contributed by atoms with Gasteiger partial charge in [0.15, 0.2) is 0 Å². The molecule has 0 fully saturated rings. The summed E-state index contributed by atoms with van der Waals surface area (Å²) in [7, 11) is -2.08. The lowest BCUT2D eigenvalue weighted by atomic mass is 9.83. The minimum Gasteiger partial charge on any atom is -0.279 e. The molecule has 0 aliphatic carbocycles. The Morgan fingerprint density at radius 3 is 1.27 bits per heavy atom. The van der Waals surface area contributed by atoms with Crippen LogP contribution in [-0.4, -0.2) is 44.3 Å². The van der Waals surface area contributed by atoms with Gasteiger partial charge in [-0.2, -0.15) is 0 Å². The van der Waals surface area contributed by atoms with Gasteiger partial charge >= 0.3 is 0 Å². The van der Waals surface area contributed by atoms with E-state index in [1.807, 2.05) is 58.5 Å². The largest absolute Gasteiger partial charge is 0.279 e. The van der Waals surface area contributed by atoms with Crippen LogP contribution in [0.5, 0.6) is 0 Å². The van der Waals surface area contributed by atoms with Crippen molar-refractivity contribution in [3.05, 3.63) is 94.0 Å². The Morgan fingerprint density at radius 1 is 0.558 bits per heavy atom. The summed E-state index contributed by atoms with van der Waals surface area (Å²) in [4.78, 5) is 0. The lowest BCUT2D eigenvalue weighted by Crippen LogP contribution is -2.43. The van der Waals surface area contributed by atoms with Gasteiger partial charge in [-0.25, -0.2) is 0 Å². The van der Waals surface area contributed by atoms with Crippen LogP contribution in [0.4, 0.5) is 11.4 Å². The number of hydrogen-bond donors (Lipinski definition) is 0. The quantitative estimate of drug-likeness (QED) is 0.0860. The Hall–Kier alpha value is -4.64. The van der Waals surface area contributed by atoms with E-state index in [1.165, 1.54) is 0 Å². The highest BCUT2D eigenvalue weighted by molar-refractivity contribution is 6.90. The first kappa shape index (κ1) is 41.8. The van der Waals surface area contributed by atoms with Crippen molar-refractivity contribution in [1.82, 2.24) is 10.0 Å². The Bertz CT molecular complexity index is 1760. The summed E-state index contributed by atoms with van der Waals surface area (Å²) in [5.74, 6) is 17.8. The molecule has 6 nitrogen and oxygen atoms in total. The smallest absolute Gasteiger partial charge is 0.146 e. The van der Waals surface area contributed by atoms with E-state index in [2.05, 4.69) is 158 Å². The van der Waals surface area contributed by atoms with Gasteiger partial charge in [0.2, 0.25) is 0 Å². The second-order valence-corrected chi connectivity index (χ2v) is 20.6. The predicted octanol–water partition coefficient (Wildman–Crippen LogP) is 12.0. The lowest BCUT2D eigenvalue weighted by Gasteiger charge is -2.38. The minimum atomic E-state index is -2.08. The minimum absolute atomic E-state index is 0.142. The maximum atomic E-state index is 4.58. The molecule has 3 rings (SSSR count). The Balaban J connectivity index is 2.41. The zero-order valence-electron chi connectivity index (χ0n) is 34.0. The van der Waals surface area contributed by atoms with Crippen LogP contribution in [0.3, 0.4) is 0 Å². The van der Waals surface area contributed by atoms with E-state index in [-0.39, 0.29) is 5.41 Å². The van der Waals surface area contributed by atoms with Crippen molar-refractivity contribution in [1.29, 1.82) is 0 Å². The molecule has 0 spiro atoms. The molecular formula is C45H60N6Si. The molecule has 0 saturated heterocycles. The van der Waals surface area contributed by atoms with E-state index in [9.17, 15) is 0 Å². The van der Waals surface area contributed by atoms with Gasteiger partial charge in [0, 0.05) is 37.3 Å². The van der Waals surface area contributed by atoms with Gasteiger partial charge in [0.25, 0.3) is 0 Å². The van der Waals surface area contributed by atoms with E-state index in [0.29, 0.717) is 16.6 Å². The molecule has 0 bridgehead atoms. The summed E-state index contributed by atoms with van der Waals surface area (Å²) in [6.45, 7) is 32.2. The van der Waals surface area contributed by atoms with Crippen molar-refractivity contribution >= 4 is 19.4 Å². The lowest BCUT2D eigenvalue weighted by molar-refractivity contribution is 0.300. The maximum Gasteiger partial charge on any atom is 0.146 e. The second kappa shape index (κ2) is 19.3. The van der Waals surface area contributed by atoms with E-state index in [0.717, 1.165) is 70.9 Å². The third kappa shape index (κ3) is 10.7. The molecular weight excluding hydrogens is 653 g/mol. The van der Waals surface area contributed by atoms with Crippen LogP contribution < -0.4 is 0 Å². The molecule has 0 atom stereocenters. The molecule has 3 aromatic carbocycles. The number of benzene rings is 3. The molecule has 0 heterocycles. The summed E-state index contributed by atoms with van der Waals surface area (Å²) in [6, 6.07) is 20.3. The van der Waals surface area contributed by atoms with Gasteiger partial charge in [-0.3, -0.25) is 10.0 Å².